The van der Waals surface area contributed by atoms with E-state index in [4.69, 9.17) is 14.2 Å². The van der Waals surface area contributed by atoms with Crippen LogP contribution in [0.5, 0.6) is 11.5 Å². The number of Topliss-reactive ketones (excluding diaryl/α,β-unsaturated/α-hetero) is 1. The number of rotatable bonds is 7. The van der Waals surface area contributed by atoms with Gasteiger partial charge in [0, 0.05) is 24.3 Å². The summed E-state index contributed by atoms with van der Waals surface area (Å²) in [6, 6.07) is 5.74. The van der Waals surface area contributed by atoms with Gasteiger partial charge in [0.15, 0.2) is 24.1 Å². The van der Waals surface area contributed by atoms with Crippen molar-refractivity contribution in [3.05, 3.63) is 23.1 Å². The highest BCUT2D eigenvalue weighted by atomic mass is 32.1. The monoisotopic (exact) mass is 336 g/mol. The Morgan fingerprint density at radius 1 is 1.13 bits per heavy atom. The summed E-state index contributed by atoms with van der Waals surface area (Å²) in [6.45, 7) is 6.60. The molecular weight excluding hydrogens is 312 g/mol. The Kier molecular flexibility index (Phi) is 5.65. The molecule has 2 rings (SSSR count). The molecule has 0 aliphatic rings. The number of carbonyl (C=O) groups excluding carboxylic acids is 1. The van der Waals surface area contributed by atoms with Crippen molar-refractivity contribution in [1.82, 2.24) is 0 Å². The van der Waals surface area contributed by atoms with Crippen molar-refractivity contribution in [3.8, 4) is 11.5 Å². The zero-order valence-corrected chi connectivity index (χ0v) is 15.2. The zero-order valence-electron chi connectivity index (χ0n) is 14.4. The molecule has 23 heavy (non-hydrogen) atoms. The van der Waals surface area contributed by atoms with Gasteiger partial charge in [-0.05, 0) is 29.4 Å². The van der Waals surface area contributed by atoms with E-state index in [0.717, 1.165) is 21.4 Å². The number of ether oxygens (including phenoxy) is 3. The number of benzene rings is 1. The van der Waals surface area contributed by atoms with Crippen LogP contribution in [0.2, 0.25) is 0 Å². The van der Waals surface area contributed by atoms with Crippen LogP contribution >= 0.6 is 11.3 Å². The topological polar surface area (TPSA) is 44.8 Å². The fraction of sp³-hybridized carbons (Fsp3) is 0.500. The van der Waals surface area contributed by atoms with Crippen molar-refractivity contribution in [2.45, 2.75) is 33.6 Å². The third-order valence-corrected chi connectivity index (χ3v) is 4.65. The maximum absolute atomic E-state index is 12.4. The SMILES string of the molecule is COCOc1cc2cc(C(=O)CCC(C)(C)C)sc2cc1OC. The van der Waals surface area contributed by atoms with Crippen LogP contribution in [0.15, 0.2) is 18.2 Å². The van der Waals surface area contributed by atoms with Crippen molar-refractivity contribution >= 4 is 27.2 Å². The van der Waals surface area contributed by atoms with Crippen LogP contribution in [0.4, 0.5) is 0 Å². The maximum atomic E-state index is 12.4. The minimum Gasteiger partial charge on any atom is -0.493 e. The molecule has 1 heterocycles. The van der Waals surface area contributed by atoms with E-state index in [1.54, 1.807) is 14.2 Å². The van der Waals surface area contributed by atoms with E-state index in [-0.39, 0.29) is 18.0 Å². The maximum Gasteiger partial charge on any atom is 0.188 e. The largest absolute Gasteiger partial charge is 0.493 e. The molecule has 2 aromatic rings. The summed E-state index contributed by atoms with van der Waals surface area (Å²) in [5.74, 6) is 1.46. The molecule has 0 saturated carbocycles. The molecule has 0 radical (unpaired) electrons. The van der Waals surface area contributed by atoms with E-state index in [0.29, 0.717) is 17.9 Å². The quantitative estimate of drug-likeness (QED) is 0.533. The number of fused-ring (bicyclic) bond motifs is 1. The second-order valence-electron chi connectivity index (χ2n) is 6.69. The van der Waals surface area contributed by atoms with Crippen molar-refractivity contribution in [2.75, 3.05) is 21.0 Å². The van der Waals surface area contributed by atoms with Gasteiger partial charge in [0.1, 0.15) is 0 Å². The molecule has 1 aromatic carbocycles. The summed E-state index contributed by atoms with van der Waals surface area (Å²) in [7, 11) is 3.17. The summed E-state index contributed by atoms with van der Waals surface area (Å²) < 4.78 is 16.8. The van der Waals surface area contributed by atoms with Gasteiger partial charge in [-0.2, -0.15) is 0 Å². The van der Waals surface area contributed by atoms with Gasteiger partial charge in [-0.15, -0.1) is 11.3 Å². The lowest BCUT2D eigenvalue weighted by atomic mass is 9.89. The molecule has 0 amide bonds. The van der Waals surface area contributed by atoms with E-state index < -0.39 is 0 Å². The van der Waals surface area contributed by atoms with Gasteiger partial charge in [0.2, 0.25) is 0 Å². The van der Waals surface area contributed by atoms with Crippen LogP contribution < -0.4 is 9.47 Å². The number of hydrogen-bond acceptors (Lipinski definition) is 5. The van der Waals surface area contributed by atoms with E-state index >= 15 is 0 Å². The summed E-state index contributed by atoms with van der Waals surface area (Å²) in [6.07, 6.45) is 1.45. The highest BCUT2D eigenvalue weighted by molar-refractivity contribution is 7.20. The predicted molar refractivity (Wildman–Crippen MR) is 93.9 cm³/mol. The minimum absolute atomic E-state index is 0.156. The molecule has 0 N–H and O–H groups in total. The first-order valence-corrected chi connectivity index (χ1v) is 8.42. The van der Waals surface area contributed by atoms with Gasteiger partial charge in [-0.25, -0.2) is 0 Å². The van der Waals surface area contributed by atoms with Crippen LogP contribution in [0.1, 0.15) is 43.3 Å². The van der Waals surface area contributed by atoms with Crippen molar-refractivity contribution < 1.29 is 19.0 Å². The summed E-state index contributed by atoms with van der Waals surface area (Å²) in [5.41, 5.74) is 0.163. The van der Waals surface area contributed by atoms with Gasteiger partial charge in [0.05, 0.1) is 12.0 Å². The van der Waals surface area contributed by atoms with Gasteiger partial charge in [0.25, 0.3) is 0 Å². The summed E-state index contributed by atoms with van der Waals surface area (Å²) >= 11 is 1.50. The standard InChI is InChI=1S/C18H24O4S/c1-18(2,3)7-6-13(19)17-9-12-8-15(22-11-20-4)14(21-5)10-16(12)23-17/h8-10H,6-7,11H2,1-5H3. The smallest absolute Gasteiger partial charge is 0.188 e. The van der Waals surface area contributed by atoms with E-state index in [1.165, 1.54) is 11.3 Å². The fourth-order valence-electron chi connectivity index (χ4n) is 2.19. The molecule has 5 heteroatoms. The van der Waals surface area contributed by atoms with Crippen LogP contribution in [-0.4, -0.2) is 26.8 Å². The van der Waals surface area contributed by atoms with Crippen LogP contribution in [0.25, 0.3) is 10.1 Å². The molecule has 0 spiro atoms. The van der Waals surface area contributed by atoms with Crippen molar-refractivity contribution in [2.24, 2.45) is 5.41 Å². The third kappa shape index (κ3) is 4.69. The third-order valence-electron chi connectivity index (χ3n) is 3.51. The van der Waals surface area contributed by atoms with Crippen molar-refractivity contribution in [1.29, 1.82) is 0 Å². The molecule has 0 atom stereocenters. The molecule has 126 valence electrons. The van der Waals surface area contributed by atoms with Crippen LogP contribution in [-0.2, 0) is 4.74 Å². The average molecular weight is 336 g/mol. The Bertz CT molecular complexity index is 682. The van der Waals surface area contributed by atoms with E-state index in [9.17, 15) is 4.79 Å². The van der Waals surface area contributed by atoms with Gasteiger partial charge < -0.3 is 14.2 Å². The number of carbonyl (C=O) groups is 1. The van der Waals surface area contributed by atoms with Crippen molar-refractivity contribution in [3.63, 3.8) is 0 Å². The average Bonchev–Trinajstić information content (AvgIpc) is 2.91. The highest BCUT2D eigenvalue weighted by Gasteiger charge is 2.17. The molecule has 0 saturated heterocycles. The Morgan fingerprint density at radius 3 is 2.48 bits per heavy atom. The zero-order chi connectivity index (χ0) is 17.0. The Labute approximate surface area is 141 Å². The number of thiophene rings is 1. The lowest BCUT2D eigenvalue weighted by Crippen LogP contribution is -2.08. The van der Waals surface area contributed by atoms with E-state index in [1.807, 2.05) is 18.2 Å². The van der Waals surface area contributed by atoms with Gasteiger partial charge >= 0.3 is 0 Å². The summed E-state index contributed by atoms with van der Waals surface area (Å²) in [5, 5.41) is 0.987. The molecule has 4 nitrogen and oxygen atoms in total. The highest BCUT2D eigenvalue weighted by Crippen LogP contribution is 2.37. The lowest BCUT2D eigenvalue weighted by molar-refractivity contribution is 0.0493. The second kappa shape index (κ2) is 7.32. The lowest BCUT2D eigenvalue weighted by Gasteiger charge is -2.16. The Morgan fingerprint density at radius 2 is 1.87 bits per heavy atom. The molecular formula is C18H24O4S. The molecule has 0 unspecified atom stereocenters. The molecule has 0 aliphatic heterocycles. The van der Waals surface area contributed by atoms with Crippen LogP contribution in [0.3, 0.4) is 0 Å². The predicted octanol–water partition coefficient (Wildman–Crippen LogP) is 4.90. The normalized spacial score (nSPS) is 11.7. The fourth-order valence-corrected chi connectivity index (χ4v) is 3.23. The summed E-state index contributed by atoms with van der Waals surface area (Å²) in [4.78, 5) is 13.2. The first kappa shape index (κ1) is 17.8. The number of ketones is 1. The molecule has 0 fully saturated rings. The van der Waals surface area contributed by atoms with Crippen LogP contribution in [0, 0.1) is 5.41 Å². The first-order chi connectivity index (χ1) is 10.8. The van der Waals surface area contributed by atoms with Gasteiger partial charge in [-0.1, -0.05) is 20.8 Å². The Hall–Kier alpha value is -1.59. The van der Waals surface area contributed by atoms with E-state index in [2.05, 4.69) is 20.8 Å². The number of hydrogen-bond donors (Lipinski definition) is 0. The number of methoxy groups -OCH3 is 2. The van der Waals surface area contributed by atoms with Gasteiger partial charge in [-0.3, -0.25) is 4.79 Å². The Balaban J connectivity index is 2.25. The molecule has 1 aromatic heterocycles. The minimum atomic E-state index is 0.156. The molecule has 0 bridgehead atoms. The molecule has 0 aliphatic carbocycles. The second-order valence-corrected chi connectivity index (χ2v) is 7.77. The first-order valence-electron chi connectivity index (χ1n) is 7.60.